The van der Waals surface area contributed by atoms with Crippen LogP contribution >= 0.6 is 0 Å². The second-order valence-corrected chi connectivity index (χ2v) is 5.95. The summed E-state index contributed by atoms with van der Waals surface area (Å²) in [7, 11) is 1.13. The van der Waals surface area contributed by atoms with E-state index in [0.29, 0.717) is 0 Å². The van der Waals surface area contributed by atoms with Crippen molar-refractivity contribution in [1.29, 1.82) is 0 Å². The van der Waals surface area contributed by atoms with Crippen LogP contribution in [0.4, 0.5) is 11.4 Å². The van der Waals surface area contributed by atoms with E-state index < -0.39 is 32.6 Å². The Balaban J connectivity index is 4.16. The summed E-state index contributed by atoms with van der Waals surface area (Å²) in [5, 5.41) is 22.7. The highest BCUT2D eigenvalue weighted by atomic mass is 16.6. The molecule has 0 unspecified atom stereocenters. The molecule has 0 aliphatic rings. The van der Waals surface area contributed by atoms with Crippen LogP contribution in [-0.2, 0) is 10.2 Å². The van der Waals surface area contributed by atoms with Crippen LogP contribution in [0.25, 0.3) is 0 Å². The first-order valence-electron chi connectivity index (χ1n) is 6.49. The number of hydrogen-bond donors (Lipinski definition) is 0. The predicted molar refractivity (Wildman–Crippen MR) is 79.3 cm³/mol. The van der Waals surface area contributed by atoms with Gasteiger partial charge in [-0.1, -0.05) is 20.8 Å². The molecular weight excluding hydrogens is 292 g/mol. The molecule has 0 saturated carbocycles. The van der Waals surface area contributed by atoms with Gasteiger partial charge in [0.1, 0.15) is 5.56 Å². The Morgan fingerprint density at radius 3 is 1.77 bits per heavy atom. The van der Waals surface area contributed by atoms with Gasteiger partial charge in [-0.05, 0) is 19.3 Å². The summed E-state index contributed by atoms with van der Waals surface area (Å²) in [6.07, 6.45) is 0. The molecular formula is C14H18N2O6. The molecule has 0 fully saturated rings. The second-order valence-electron chi connectivity index (χ2n) is 5.95. The fraction of sp³-hybridized carbons (Fsp3) is 0.500. The Morgan fingerprint density at radius 2 is 1.45 bits per heavy atom. The second kappa shape index (κ2) is 5.70. The van der Waals surface area contributed by atoms with Gasteiger partial charge in [0.05, 0.1) is 28.1 Å². The van der Waals surface area contributed by atoms with Crippen LogP contribution < -0.4 is 0 Å². The number of nitro benzene ring substituents is 2. The normalized spacial score (nSPS) is 11.2. The quantitative estimate of drug-likeness (QED) is 0.481. The first-order chi connectivity index (χ1) is 9.95. The van der Waals surface area contributed by atoms with Crippen LogP contribution in [0.5, 0.6) is 0 Å². The number of esters is 1. The predicted octanol–water partition coefficient (Wildman–Crippen LogP) is 3.20. The number of nitro groups is 2. The zero-order valence-electron chi connectivity index (χ0n) is 13.3. The zero-order valence-corrected chi connectivity index (χ0v) is 13.3. The van der Waals surface area contributed by atoms with E-state index in [1.54, 1.807) is 20.8 Å². The number of rotatable bonds is 3. The lowest BCUT2D eigenvalue weighted by atomic mass is 9.79. The number of nitrogens with zero attached hydrogens (tertiary/aromatic N) is 2. The Morgan fingerprint density at radius 1 is 1.00 bits per heavy atom. The number of benzene rings is 1. The fourth-order valence-corrected chi connectivity index (χ4v) is 2.59. The van der Waals surface area contributed by atoms with Crippen molar-refractivity contribution in [3.63, 3.8) is 0 Å². The molecule has 120 valence electrons. The molecule has 0 aliphatic carbocycles. The van der Waals surface area contributed by atoms with Crippen molar-refractivity contribution in [2.45, 2.75) is 40.0 Å². The molecule has 1 rings (SSSR count). The van der Waals surface area contributed by atoms with E-state index in [0.717, 1.165) is 7.11 Å². The van der Waals surface area contributed by atoms with Gasteiger partial charge in [0.25, 0.3) is 11.4 Å². The molecule has 0 aliphatic heterocycles. The highest BCUT2D eigenvalue weighted by Crippen LogP contribution is 2.43. The average molecular weight is 310 g/mol. The molecule has 0 bridgehead atoms. The average Bonchev–Trinajstić information content (AvgIpc) is 2.35. The van der Waals surface area contributed by atoms with Gasteiger partial charge in [0.15, 0.2) is 0 Å². The van der Waals surface area contributed by atoms with Gasteiger partial charge in [-0.2, -0.15) is 0 Å². The van der Waals surface area contributed by atoms with E-state index >= 15 is 0 Å². The largest absolute Gasteiger partial charge is 0.465 e. The van der Waals surface area contributed by atoms with Crippen molar-refractivity contribution in [1.82, 2.24) is 0 Å². The summed E-state index contributed by atoms with van der Waals surface area (Å²) >= 11 is 0. The topological polar surface area (TPSA) is 113 Å². The minimum atomic E-state index is -0.825. The van der Waals surface area contributed by atoms with E-state index in [2.05, 4.69) is 4.74 Å². The molecule has 8 heteroatoms. The molecule has 8 nitrogen and oxygen atoms in total. The van der Waals surface area contributed by atoms with Crippen LogP contribution in [0.1, 0.15) is 47.8 Å². The smallest absolute Gasteiger partial charge is 0.338 e. The maximum absolute atomic E-state index is 12.1. The van der Waals surface area contributed by atoms with Gasteiger partial charge in [-0.3, -0.25) is 20.2 Å². The lowest BCUT2D eigenvalue weighted by Gasteiger charge is -2.24. The lowest BCUT2D eigenvalue weighted by Crippen LogP contribution is -2.23. The molecule has 0 amide bonds. The van der Waals surface area contributed by atoms with Crippen LogP contribution in [-0.4, -0.2) is 22.9 Å². The van der Waals surface area contributed by atoms with Crippen molar-refractivity contribution in [2.75, 3.05) is 7.11 Å². The summed E-state index contributed by atoms with van der Waals surface area (Å²) in [6.45, 7) is 7.82. The maximum atomic E-state index is 12.1. The van der Waals surface area contributed by atoms with E-state index in [1.807, 2.05) is 0 Å². The minimum absolute atomic E-state index is 0.0647. The van der Waals surface area contributed by atoms with Gasteiger partial charge < -0.3 is 4.74 Å². The maximum Gasteiger partial charge on any atom is 0.338 e. The summed E-state index contributed by atoms with van der Waals surface area (Å²) in [5.41, 5.74) is -1.57. The van der Waals surface area contributed by atoms with Crippen molar-refractivity contribution in [2.24, 2.45) is 0 Å². The van der Waals surface area contributed by atoms with Crippen molar-refractivity contribution >= 4 is 17.3 Å². The third kappa shape index (κ3) is 2.76. The Kier molecular flexibility index (Phi) is 4.55. The van der Waals surface area contributed by atoms with Crippen LogP contribution in [0.3, 0.4) is 0 Å². The summed E-state index contributed by atoms with van der Waals surface area (Å²) in [5.74, 6) is -0.825. The Hall–Kier alpha value is -2.51. The monoisotopic (exact) mass is 310 g/mol. The first kappa shape index (κ1) is 17.5. The standard InChI is InChI=1S/C14H18N2O6/c1-7-9(13(17)22-6)10(14(3,4)5)12(16(20)21)8(2)11(7)15(18)19/h1-6H3. The minimum Gasteiger partial charge on any atom is -0.465 e. The van der Waals surface area contributed by atoms with Crippen molar-refractivity contribution < 1.29 is 19.4 Å². The highest BCUT2D eigenvalue weighted by molar-refractivity contribution is 5.96. The fourth-order valence-electron chi connectivity index (χ4n) is 2.59. The number of carbonyl (C=O) groups is 1. The Bertz CT molecular complexity index is 673. The van der Waals surface area contributed by atoms with Crippen LogP contribution in [0.15, 0.2) is 0 Å². The number of methoxy groups -OCH3 is 1. The SMILES string of the molecule is COC(=O)c1c(C)c([N+](=O)[O-])c(C)c([N+](=O)[O-])c1C(C)(C)C. The van der Waals surface area contributed by atoms with Gasteiger partial charge >= 0.3 is 5.97 Å². The molecule has 0 saturated heterocycles. The first-order valence-corrected chi connectivity index (χ1v) is 6.49. The summed E-state index contributed by atoms with van der Waals surface area (Å²) in [6, 6.07) is 0. The third-order valence-corrected chi connectivity index (χ3v) is 3.43. The van der Waals surface area contributed by atoms with Gasteiger partial charge in [-0.15, -0.1) is 0 Å². The molecule has 22 heavy (non-hydrogen) atoms. The molecule has 0 aromatic heterocycles. The molecule has 0 N–H and O–H groups in total. The number of carbonyl (C=O) groups excluding carboxylic acids is 1. The molecule has 0 spiro atoms. The van der Waals surface area contributed by atoms with Crippen molar-refractivity contribution in [3.05, 3.63) is 42.5 Å². The van der Waals surface area contributed by atoms with E-state index in [-0.39, 0.29) is 22.3 Å². The Labute approximate surface area is 127 Å². The third-order valence-electron chi connectivity index (χ3n) is 3.43. The molecule has 0 heterocycles. The lowest BCUT2D eigenvalue weighted by molar-refractivity contribution is -0.396. The van der Waals surface area contributed by atoms with Crippen LogP contribution in [0.2, 0.25) is 0 Å². The van der Waals surface area contributed by atoms with E-state index in [4.69, 9.17) is 0 Å². The summed E-state index contributed by atoms with van der Waals surface area (Å²) < 4.78 is 4.68. The number of hydrogen-bond acceptors (Lipinski definition) is 6. The van der Waals surface area contributed by atoms with Crippen molar-refractivity contribution in [3.8, 4) is 0 Å². The molecule has 0 atom stereocenters. The van der Waals surface area contributed by atoms with E-state index in [9.17, 15) is 25.0 Å². The van der Waals surface area contributed by atoms with E-state index in [1.165, 1.54) is 13.8 Å². The molecule has 1 aromatic rings. The molecule has 1 aromatic carbocycles. The van der Waals surface area contributed by atoms with Gasteiger partial charge in [-0.25, -0.2) is 4.79 Å². The van der Waals surface area contributed by atoms with Gasteiger partial charge in [0, 0.05) is 5.56 Å². The summed E-state index contributed by atoms with van der Waals surface area (Å²) in [4.78, 5) is 33.4. The van der Waals surface area contributed by atoms with Crippen LogP contribution in [0, 0.1) is 34.1 Å². The molecule has 0 radical (unpaired) electrons. The zero-order chi connectivity index (χ0) is 17.4. The van der Waals surface area contributed by atoms with Gasteiger partial charge in [0.2, 0.25) is 0 Å². The highest BCUT2D eigenvalue weighted by Gasteiger charge is 2.39. The number of ether oxygens (including phenoxy) is 1.